The Kier molecular flexibility index (Phi) is 9.32. The van der Waals surface area contributed by atoms with Gasteiger partial charge in [-0.15, -0.1) is 0 Å². The van der Waals surface area contributed by atoms with E-state index >= 15 is 0 Å². The molecule has 1 rings (SSSR count). The van der Waals surface area contributed by atoms with E-state index in [4.69, 9.17) is 0 Å². The highest BCUT2D eigenvalue weighted by molar-refractivity contribution is 5.79. The molecule has 1 aromatic carbocycles. The molecule has 1 unspecified atom stereocenters. The molecule has 0 saturated carbocycles. The zero-order chi connectivity index (χ0) is 20.4. The molecule has 0 heterocycles. The quantitative estimate of drug-likeness (QED) is 0.634. The molecule has 0 aliphatic carbocycles. The third kappa shape index (κ3) is 7.61. The van der Waals surface area contributed by atoms with Gasteiger partial charge in [-0.25, -0.2) is 0 Å². The highest BCUT2D eigenvalue weighted by atomic mass is 19.4. The van der Waals surface area contributed by atoms with Gasteiger partial charge in [0.05, 0.1) is 11.6 Å². The van der Waals surface area contributed by atoms with Crippen LogP contribution in [-0.4, -0.2) is 29.8 Å². The predicted molar refractivity (Wildman–Crippen MR) is 99.0 cm³/mol. The van der Waals surface area contributed by atoms with Crippen molar-refractivity contribution in [1.29, 1.82) is 0 Å². The third-order valence-electron chi connectivity index (χ3n) is 4.44. The fourth-order valence-electron chi connectivity index (χ4n) is 2.94. The van der Waals surface area contributed by atoms with E-state index in [1.54, 1.807) is 11.0 Å². The third-order valence-corrected chi connectivity index (χ3v) is 4.44. The standard InChI is InChI=1S/C20H29F3N2O2/c1-4-9-17(15-10-7-11-16(14-15)20(21,22)23)24-18(26)12-8-13-19(27)25(5-2)6-3/h7,10-11,14,17H,4-6,8-9,12-13H2,1-3H3,(H,24,26). The van der Waals surface area contributed by atoms with Crippen molar-refractivity contribution in [2.45, 2.75) is 65.1 Å². The van der Waals surface area contributed by atoms with Gasteiger partial charge in [0.25, 0.3) is 0 Å². The number of carbonyl (C=O) groups excluding carboxylic acids is 2. The van der Waals surface area contributed by atoms with Crippen LogP contribution < -0.4 is 5.32 Å². The molecule has 4 nitrogen and oxygen atoms in total. The van der Waals surface area contributed by atoms with Crippen LogP contribution in [0, 0.1) is 0 Å². The van der Waals surface area contributed by atoms with Crippen LogP contribution in [0.1, 0.15) is 70.0 Å². The molecule has 0 radical (unpaired) electrons. The first-order valence-corrected chi connectivity index (χ1v) is 9.47. The van der Waals surface area contributed by atoms with Crippen molar-refractivity contribution in [3.8, 4) is 0 Å². The Hall–Kier alpha value is -2.05. The van der Waals surface area contributed by atoms with Crippen LogP contribution in [0.5, 0.6) is 0 Å². The normalized spacial score (nSPS) is 12.5. The Balaban J connectivity index is 2.67. The van der Waals surface area contributed by atoms with Crippen LogP contribution in [0.15, 0.2) is 24.3 Å². The summed E-state index contributed by atoms with van der Waals surface area (Å²) in [4.78, 5) is 25.9. The van der Waals surface area contributed by atoms with Crippen LogP contribution in [0.25, 0.3) is 0 Å². The highest BCUT2D eigenvalue weighted by Crippen LogP contribution is 2.31. The van der Waals surface area contributed by atoms with Crippen molar-refractivity contribution >= 4 is 11.8 Å². The van der Waals surface area contributed by atoms with Crippen molar-refractivity contribution < 1.29 is 22.8 Å². The van der Waals surface area contributed by atoms with Gasteiger partial charge in [-0.3, -0.25) is 9.59 Å². The molecule has 0 spiro atoms. The average molecular weight is 386 g/mol. The van der Waals surface area contributed by atoms with E-state index in [2.05, 4.69) is 5.32 Å². The lowest BCUT2D eigenvalue weighted by molar-refractivity contribution is -0.137. The van der Waals surface area contributed by atoms with E-state index in [-0.39, 0.29) is 24.7 Å². The Bertz CT molecular complexity index is 613. The Morgan fingerprint density at radius 1 is 1.11 bits per heavy atom. The molecular weight excluding hydrogens is 357 g/mol. The van der Waals surface area contributed by atoms with E-state index in [9.17, 15) is 22.8 Å². The highest BCUT2D eigenvalue weighted by Gasteiger charge is 2.31. The zero-order valence-electron chi connectivity index (χ0n) is 16.2. The summed E-state index contributed by atoms with van der Waals surface area (Å²) in [5, 5.41) is 2.81. The summed E-state index contributed by atoms with van der Waals surface area (Å²) in [7, 11) is 0. The van der Waals surface area contributed by atoms with Gasteiger partial charge in [0.15, 0.2) is 0 Å². The van der Waals surface area contributed by atoms with Crippen molar-refractivity contribution in [2.75, 3.05) is 13.1 Å². The molecule has 0 bridgehead atoms. The van der Waals surface area contributed by atoms with Gasteiger partial charge < -0.3 is 10.2 Å². The van der Waals surface area contributed by atoms with E-state index < -0.39 is 17.8 Å². The minimum absolute atomic E-state index is 0.00999. The summed E-state index contributed by atoms with van der Waals surface area (Å²) >= 11 is 0. The topological polar surface area (TPSA) is 49.4 Å². The van der Waals surface area contributed by atoms with Crippen LogP contribution in [-0.2, 0) is 15.8 Å². The van der Waals surface area contributed by atoms with Crippen LogP contribution in [0.3, 0.4) is 0 Å². The lowest BCUT2D eigenvalue weighted by atomic mass is 9.99. The summed E-state index contributed by atoms with van der Waals surface area (Å²) < 4.78 is 38.8. The number of halogens is 3. The molecule has 1 atom stereocenters. The zero-order valence-corrected chi connectivity index (χ0v) is 16.2. The molecule has 0 aliphatic heterocycles. The van der Waals surface area contributed by atoms with Gasteiger partial charge in [0.1, 0.15) is 0 Å². The molecule has 0 aromatic heterocycles. The molecule has 1 aromatic rings. The number of hydrogen-bond donors (Lipinski definition) is 1. The smallest absolute Gasteiger partial charge is 0.349 e. The van der Waals surface area contributed by atoms with Gasteiger partial charge in [0.2, 0.25) is 11.8 Å². The van der Waals surface area contributed by atoms with Gasteiger partial charge >= 0.3 is 6.18 Å². The average Bonchev–Trinajstić information content (AvgIpc) is 2.62. The maximum absolute atomic E-state index is 12.9. The van der Waals surface area contributed by atoms with Gasteiger partial charge in [-0.1, -0.05) is 25.5 Å². The Morgan fingerprint density at radius 3 is 2.33 bits per heavy atom. The number of rotatable bonds is 10. The summed E-state index contributed by atoms with van der Waals surface area (Å²) in [6.45, 7) is 6.98. The monoisotopic (exact) mass is 386 g/mol. The van der Waals surface area contributed by atoms with Crippen LogP contribution in [0.4, 0.5) is 13.2 Å². The summed E-state index contributed by atoms with van der Waals surface area (Å²) in [5.74, 6) is -0.242. The van der Waals surface area contributed by atoms with E-state index in [1.165, 1.54) is 6.07 Å². The predicted octanol–water partition coefficient (Wildman–Crippen LogP) is 4.70. The fourth-order valence-corrected chi connectivity index (χ4v) is 2.94. The Labute approximate surface area is 159 Å². The SMILES string of the molecule is CCCC(NC(=O)CCCC(=O)N(CC)CC)c1cccc(C(F)(F)F)c1. The number of carbonyl (C=O) groups is 2. The number of nitrogens with one attached hydrogen (secondary N) is 1. The van der Waals surface area contributed by atoms with Gasteiger partial charge in [-0.05, 0) is 44.4 Å². The molecule has 2 amide bonds. The first-order chi connectivity index (χ1) is 12.7. The van der Waals surface area contributed by atoms with Gasteiger partial charge in [-0.2, -0.15) is 13.2 Å². The number of amides is 2. The molecule has 152 valence electrons. The van der Waals surface area contributed by atoms with E-state index in [0.29, 0.717) is 31.5 Å². The maximum atomic E-state index is 12.9. The molecular formula is C20H29F3N2O2. The van der Waals surface area contributed by atoms with Crippen LogP contribution >= 0.6 is 0 Å². The minimum atomic E-state index is -4.42. The van der Waals surface area contributed by atoms with Crippen LogP contribution in [0.2, 0.25) is 0 Å². The number of benzene rings is 1. The number of hydrogen-bond acceptors (Lipinski definition) is 2. The largest absolute Gasteiger partial charge is 0.416 e. The summed E-state index contributed by atoms with van der Waals surface area (Å²) in [6.07, 6.45) is -2.26. The lowest BCUT2D eigenvalue weighted by Crippen LogP contribution is -2.31. The summed E-state index contributed by atoms with van der Waals surface area (Å²) in [5.41, 5.74) is -0.278. The van der Waals surface area contributed by atoms with Gasteiger partial charge in [0, 0.05) is 25.9 Å². The lowest BCUT2D eigenvalue weighted by Gasteiger charge is -2.20. The van der Waals surface area contributed by atoms with Crippen molar-refractivity contribution in [2.24, 2.45) is 0 Å². The van der Waals surface area contributed by atoms with E-state index in [0.717, 1.165) is 18.6 Å². The summed E-state index contributed by atoms with van der Waals surface area (Å²) in [6, 6.07) is 4.59. The second-order valence-electron chi connectivity index (χ2n) is 6.45. The first-order valence-electron chi connectivity index (χ1n) is 9.47. The molecule has 0 saturated heterocycles. The molecule has 1 N–H and O–H groups in total. The van der Waals surface area contributed by atoms with Crippen molar-refractivity contribution in [3.05, 3.63) is 35.4 Å². The second kappa shape index (κ2) is 10.9. The fraction of sp³-hybridized carbons (Fsp3) is 0.600. The molecule has 0 aliphatic rings. The minimum Gasteiger partial charge on any atom is -0.349 e. The molecule has 27 heavy (non-hydrogen) atoms. The Morgan fingerprint density at radius 2 is 1.78 bits per heavy atom. The van der Waals surface area contributed by atoms with Crippen molar-refractivity contribution in [3.63, 3.8) is 0 Å². The molecule has 0 fully saturated rings. The number of nitrogens with zero attached hydrogens (tertiary/aromatic N) is 1. The van der Waals surface area contributed by atoms with Crippen molar-refractivity contribution in [1.82, 2.24) is 10.2 Å². The van der Waals surface area contributed by atoms with E-state index in [1.807, 2.05) is 20.8 Å². The number of alkyl halides is 3. The second-order valence-corrected chi connectivity index (χ2v) is 6.45. The molecule has 7 heteroatoms. The first kappa shape index (κ1) is 23.0. The maximum Gasteiger partial charge on any atom is 0.416 e.